The Hall–Kier alpha value is -2.36. The van der Waals surface area contributed by atoms with Crippen LogP contribution in [0.1, 0.15) is 15.9 Å². The van der Waals surface area contributed by atoms with Crippen LogP contribution in [0.4, 0.5) is 4.39 Å². The number of aromatic carboxylic acids is 1. The average Bonchev–Trinajstić information content (AvgIpc) is 2.37. The number of carboxylic acid groups (broad SMARTS) is 1. The standard InChI is InChI=1S/C14H11FO3/c15-11-5-3-4-10(8-11)9-18-13-7-2-1-6-12(13)14(16)17/h1-8H,9H2,(H,16,17). The number of ether oxygens (including phenoxy) is 1. The van der Waals surface area contributed by atoms with E-state index >= 15 is 0 Å². The van der Waals surface area contributed by atoms with Gasteiger partial charge in [0.1, 0.15) is 23.7 Å². The Bertz CT molecular complexity index is 566. The molecule has 0 aromatic heterocycles. The van der Waals surface area contributed by atoms with Crippen molar-refractivity contribution in [2.75, 3.05) is 0 Å². The van der Waals surface area contributed by atoms with Gasteiger partial charge in [0.05, 0.1) is 0 Å². The minimum atomic E-state index is -1.05. The fourth-order valence-corrected chi connectivity index (χ4v) is 1.56. The molecule has 0 aliphatic rings. The predicted molar refractivity (Wildman–Crippen MR) is 64.1 cm³/mol. The number of rotatable bonds is 4. The molecule has 2 aromatic rings. The van der Waals surface area contributed by atoms with Gasteiger partial charge >= 0.3 is 5.97 Å². The summed E-state index contributed by atoms with van der Waals surface area (Å²) < 4.78 is 18.3. The van der Waals surface area contributed by atoms with Crippen molar-refractivity contribution >= 4 is 5.97 Å². The third-order valence-electron chi connectivity index (χ3n) is 2.40. The van der Waals surface area contributed by atoms with E-state index in [1.54, 1.807) is 30.3 Å². The van der Waals surface area contributed by atoms with Crippen LogP contribution in [0.3, 0.4) is 0 Å². The van der Waals surface area contributed by atoms with Gasteiger partial charge < -0.3 is 9.84 Å². The molecule has 2 rings (SSSR count). The van der Waals surface area contributed by atoms with Gasteiger partial charge in [-0.25, -0.2) is 9.18 Å². The Morgan fingerprint density at radius 3 is 2.67 bits per heavy atom. The topological polar surface area (TPSA) is 46.5 Å². The second kappa shape index (κ2) is 5.31. The Morgan fingerprint density at radius 2 is 1.94 bits per heavy atom. The lowest BCUT2D eigenvalue weighted by Crippen LogP contribution is -2.03. The van der Waals surface area contributed by atoms with Gasteiger partial charge in [0.2, 0.25) is 0 Å². The van der Waals surface area contributed by atoms with Crippen LogP contribution in [0.25, 0.3) is 0 Å². The summed E-state index contributed by atoms with van der Waals surface area (Å²) in [5, 5.41) is 8.97. The van der Waals surface area contributed by atoms with Crippen molar-refractivity contribution in [1.82, 2.24) is 0 Å². The van der Waals surface area contributed by atoms with E-state index < -0.39 is 5.97 Å². The predicted octanol–water partition coefficient (Wildman–Crippen LogP) is 3.10. The van der Waals surface area contributed by atoms with Crippen molar-refractivity contribution in [3.8, 4) is 5.75 Å². The number of benzene rings is 2. The first kappa shape index (κ1) is 12.1. The summed E-state index contributed by atoms with van der Waals surface area (Å²) in [6.07, 6.45) is 0. The minimum Gasteiger partial charge on any atom is -0.488 e. The highest BCUT2D eigenvalue weighted by atomic mass is 19.1. The molecule has 2 aromatic carbocycles. The summed E-state index contributed by atoms with van der Waals surface area (Å²) in [5.74, 6) is -1.12. The second-order valence-electron chi connectivity index (χ2n) is 3.72. The van der Waals surface area contributed by atoms with E-state index in [9.17, 15) is 9.18 Å². The summed E-state index contributed by atoms with van der Waals surface area (Å²) in [6, 6.07) is 12.3. The molecule has 0 saturated heterocycles. The lowest BCUT2D eigenvalue weighted by atomic mass is 10.2. The second-order valence-corrected chi connectivity index (χ2v) is 3.72. The van der Waals surface area contributed by atoms with Crippen molar-refractivity contribution in [2.24, 2.45) is 0 Å². The maximum absolute atomic E-state index is 13.0. The molecular formula is C14H11FO3. The number of hydrogen-bond acceptors (Lipinski definition) is 2. The highest BCUT2D eigenvalue weighted by Crippen LogP contribution is 2.19. The van der Waals surface area contributed by atoms with Crippen LogP contribution in [0.2, 0.25) is 0 Å². The maximum atomic E-state index is 13.0. The van der Waals surface area contributed by atoms with Crippen molar-refractivity contribution in [3.63, 3.8) is 0 Å². The quantitative estimate of drug-likeness (QED) is 0.901. The monoisotopic (exact) mass is 246 g/mol. The molecule has 0 aliphatic carbocycles. The smallest absolute Gasteiger partial charge is 0.339 e. The van der Waals surface area contributed by atoms with Crippen molar-refractivity contribution in [2.45, 2.75) is 6.61 Å². The molecule has 0 saturated carbocycles. The van der Waals surface area contributed by atoms with Crippen LogP contribution < -0.4 is 4.74 Å². The molecule has 92 valence electrons. The van der Waals surface area contributed by atoms with Crippen LogP contribution in [0.5, 0.6) is 5.75 Å². The molecule has 4 heteroatoms. The molecule has 0 amide bonds. The molecule has 0 unspecified atom stereocenters. The third kappa shape index (κ3) is 2.85. The maximum Gasteiger partial charge on any atom is 0.339 e. The van der Waals surface area contributed by atoms with Gasteiger partial charge in [0, 0.05) is 0 Å². The molecule has 0 spiro atoms. The van der Waals surface area contributed by atoms with Gasteiger partial charge in [-0.2, -0.15) is 0 Å². The summed E-state index contributed by atoms with van der Waals surface area (Å²) in [7, 11) is 0. The van der Waals surface area contributed by atoms with Crippen LogP contribution in [-0.4, -0.2) is 11.1 Å². The molecule has 0 atom stereocenters. The third-order valence-corrected chi connectivity index (χ3v) is 2.40. The number of halogens is 1. The number of carboxylic acids is 1. The van der Waals surface area contributed by atoms with Crippen molar-refractivity contribution in [1.29, 1.82) is 0 Å². The molecule has 18 heavy (non-hydrogen) atoms. The number of carbonyl (C=O) groups is 1. The largest absolute Gasteiger partial charge is 0.488 e. The van der Waals surface area contributed by atoms with E-state index in [0.29, 0.717) is 5.56 Å². The van der Waals surface area contributed by atoms with Gasteiger partial charge in [0.15, 0.2) is 0 Å². The summed E-state index contributed by atoms with van der Waals surface area (Å²) in [5.41, 5.74) is 0.740. The lowest BCUT2D eigenvalue weighted by molar-refractivity contribution is 0.0691. The Balaban J connectivity index is 2.13. The zero-order chi connectivity index (χ0) is 13.0. The van der Waals surface area contributed by atoms with Crippen LogP contribution in [0, 0.1) is 5.82 Å². The van der Waals surface area contributed by atoms with E-state index in [1.165, 1.54) is 18.2 Å². The van der Waals surface area contributed by atoms with Gasteiger partial charge in [-0.1, -0.05) is 24.3 Å². The molecule has 1 N–H and O–H groups in total. The Kier molecular flexibility index (Phi) is 3.57. The zero-order valence-electron chi connectivity index (χ0n) is 9.47. The summed E-state index contributed by atoms with van der Waals surface area (Å²) in [6.45, 7) is 0.127. The highest BCUT2D eigenvalue weighted by molar-refractivity contribution is 5.90. The Morgan fingerprint density at radius 1 is 1.17 bits per heavy atom. The van der Waals surface area contributed by atoms with Crippen molar-refractivity contribution in [3.05, 3.63) is 65.5 Å². The molecule has 0 bridgehead atoms. The normalized spacial score (nSPS) is 10.1. The fourth-order valence-electron chi connectivity index (χ4n) is 1.56. The molecule has 0 aliphatic heterocycles. The lowest BCUT2D eigenvalue weighted by Gasteiger charge is -2.08. The van der Waals surface area contributed by atoms with Gasteiger partial charge in [-0.05, 0) is 29.8 Å². The first-order valence-corrected chi connectivity index (χ1v) is 5.36. The highest BCUT2D eigenvalue weighted by Gasteiger charge is 2.10. The number of para-hydroxylation sites is 1. The summed E-state index contributed by atoms with van der Waals surface area (Å²) >= 11 is 0. The van der Waals surface area contributed by atoms with E-state index in [0.717, 1.165) is 0 Å². The minimum absolute atomic E-state index is 0.0916. The molecule has 0 heterocycles. The van der Waals surface area contributed by atoms with Gasteiger partial charge in [-0.3, -0.25) is 0 Å². The van der Waals surface area contributed by atoms with E-state index in [-0.39, 0.29) is 23.7 Å². The SMILES string of the molecule is O=C(O)c1ccccc1OCc1cccc(F)c1. The zero-order valence-corrected chi connectivity index (χ0v) is 9.47. The number of hydrogen-bond donors (Lipinski definition) is 1. The van der Waals surface area contributed by atoms with E-state index in [1.807, 2.05) is 0 Å². The molecule has 3 nitrogen and oxygen atoms in total. The average molecular weight is 246 g/mol. The first-order valence-electron chi connectivity index (χ1n) is 5.36. The van der Waals surface area contributed by atoms with Crippen molar-refractivity contribution < 1.29 is 19.0 Å². The van der Waals surface area contributed by atoms with Crippen LogP contribution in [0.15, 0.2) is 48.5 Å². The Labute approximate surface area is 103 Å². The molecule has 0 fully saturated rings. The van der Waals surface area contributed by atoms with Crippen LogP contribution >= 0.6 is 0 Å². The van der Waals surface area contributed by atoms with Crippen LogP contribution in [-0.2, 0) is 6.61 Å². The summed E-state index contributed by atoms with van der Waals surface area (Å²) in [4.78, 5) is 10.9. The first-order chi connectivity index (χ1) is 8.66. The van der Waals surface area contributed by atoms with Gasteiger partial charge in [-0.15, -0.1) is 0 Å². The fraction of sp³-hybridized carbons (Fsp3) is 0.0714. The van der Waals surface area contributed by atoms with Gasteiger partial charge in [0.25, 0.3) is 0 Å². The molecular weight excluding hydrogens is 235 g/mol. The van der Waals surface area contributed by atoms with E-state index in [2.05, 4.69) is 0 Å². The van der Waals surface area contributed by atoms with E-state index in [4.69, 9.17) is 9.84 Å². The molecule has 0 radical (unpaired) electrons.